The summed E-state index contributed by atoms with van der Waals surface area (Å²) in [5.41, 5.74) is 1.89. The maximum atomic E-state index is 12.4. The Hall–Kier alpha value is -1.88. The Morgan fingerprint density at radius 2 is 1.95 bits per heavy atom. The predicted octanol–water partition coefficient (Wildman–Crippen LogP) is 2.76. The van der Waals surface area contributed by atoms with Crippen molar-refractivity contribution in [2.45, 2.75) is 33.6 Å². The molecule has 21 heavy (non-hydrogen) atoms. The molecule has 0 aliphatic heterocycles. The van der Waals surface area contributed by atoms with Gasteiger partial charge >= 0.3 is 5.97 Å². The van der Waals surface area contributed by atoms with Gasteiger partial charge in [0.15, 0.2) is 0 Å². The molecule has 0 radical (unpaired) electrons. The molecule has 1 saturated carbocycles. The van der Waals surface area contributed by atoms with Crippen LogP contribution in [0, 0.1) is 19.3 Å². The third kappa shape index (κ3) is 3.24. The van der Waals surface area contributed by atoms with Crippen LogP contribution in [-0.2, 0) is 9.53 Å². The SMILES string of the molecule is CCOCC1(C(=O)Nc2cc(C(=O)O)c(C)cc2C)CC1. The number of carboxylic acids is 1. The second-order valence-corrected chi connectivity index (χ2v) is 5.66. The molecule has 114 valence electrons. The van der Waals surface area contributed by atoms with E-state index in [0.29, 0.717) is 24.5 Å². The van der Waals surface area contributed by atoms with Gasteiger partial charge in [-0.05, 0) is 50.8 Å². The summed E-state index contributed by atoms with van der Waals surface area (Å²) in [6.07, 6.45) is 1.63. The first-order valence-corrected chi connectivity index (χ1v) is 7.13. The van der Waals surface area contributed by atoms with E-state index in [9.17, 15) is 14.7 Å². The number of amides is 1. The van der Waals surface area contributed by atoms with E-state index >= 15 is 0 Å². The van der Waals surface area contributed by atoms with Crippen LogP contribution in [0.1, 0.15) is 41.3 Å². The molecule has 0 aromatic heterocycles. The average Bonchev–Trinajstić information content (AvgIpc) is 3.20. The molecule has 2 N–H and O–H groups in total. The summed E-state index contributed by atoms with van der Waals surface area (Å²) >= 11 is 0. The molecule has 0 heterocycles. The summed E-state index contributed by atoms with van der Waals surface area (Å²) in [5, 5.41) is 12.0. The molecule has 0 bridgehead atoms. The standard InChI is InChI=1S/C16H21NO4/c1-4-21-9-16(5-6-16)15(20)17-13-8-12(14(18)19)10(2)7-11(13)3/h7-8H,4-6,9H2,1-3H3,(H,17,20)(H,18,19). The van der Waals surface area contributed by atoms with Crippen LogP contribution in [0.4, 0.5) is 5.69 Å². The predicted molar refractivity (Wildman–Crippen MR) is 79.7 cm³/mol. The Labute approximate surface area is 124 Å². The molecule has 1 amide bonds. The lowest BCUT2D eigenvalue weighted by atomic mass is 10.0. The summed E-state index contributed by atoms with van der Waals surface area (Å²) < 4.78 is 5.38. The zero-order valence-corrected chi connectivity index (χ0v) is 12.7. The van der Waals surface area contributed by atoms with Gasteiger partial charge in [0.2, 0.25) is 5.91 Å². The van der Waals surface area contributed by atoms with Gasteiger partial charge in [-0.15, -0.1) is 0 Å². The Bertz CT molecular complexity index is 576. The van der Waals surface area contributed by atoms with E-state index in [-0.39, 0.29) is 11.5 Å². The minimum atomic E-state index is -0.988. The van der Waals surface area contributed by atoms with Crippen molar-refractivity contribution in [1.29, 1.82) is 0 Å². The highest BCUT2D eigenvalue weighted by molar-refractivity contribution is 5.99. The van der Waals surface area contributed by atoms with Crippen LogP contribution in [-0.4, -0.2) is 30.2 Å². The molecule has 2 rings (SSSR count). The first-order valence-electron chi connectivity index (χ1n) is 7.13. The summed E-state index contributed by atoms with van der Waals surface area (Å²) in [5.74, 6) is -1.07. The van der Waals surface area contributed by atoms with Gasteiger partial charge in [-0.2, -0.15) is 0 Å². The van der Waals surface area contributed by atoms with Crippen molar-refractivity contribution in [3.63, 3.8) is 0 Å². The van der Waals surface area contributed by atoms with Crippen molar-refractivity contribution in [1.82, 2.24) is 0 Å². The topological polar surface area (TPSA) is 75.6 Å². The van der Waals surface area contributed by atoms with E-state index in [1.165, 1.54) is 6.07 Å². The third-order valence-electron chi connectivity index (χ3n) is 3.97. The van der Waals surface area contributed by atoms with E-state index in [2.05, 4.69) is 5.32 Å². The van der Waals surface area contributed by atoms with Gasteiger partial charge < -0.3 is 15.2 Å². The fourth-order valence-corrected chi connectivity index (χ4v) is 2.36. The van der Waals surface area contributed by atoms with Crippen LogP contribution in [0.2, 0.25) is 0 Å². The lowest BCUT2D eigenvalue weighted by molar-refractivity contribution is -0.123. The number of hydrogen-bond donors (Lipinski definition) is 2. The molecule has 0 saturated heterocycles. The highest BCUT2D eigenvalue weighted by Gasteiger charge is 2.50. The number of carboxylic acid groups (broad SMARTS) is 1. The molecule has 0 atom stereocenters. The third-order valence-corrected chi connectivity index (χ3v) is 3.97. The zero-order valence-electron chi connectivity index (χ0n) is 12.7. The maximum absolute atomic E-state index is 12.4. The quantitative estimate of drug-likeness (QED) is 0.845. The van der Waals surface area contributed by atoms with Gasteiger partial charge in [0, 0.05) is 12.3 Å². The maximum Gasteiger partial charge on any atom is 0.336 e. The van der Waals surface area contributed by atoms with Crippen molar-refractivity contribution in [3.05, 3.63) is 28.8 Å². The van der Waals surface area contributed by atoms with Gasteiger partial charge in [-0.1, -0.05) is 6.07 Å². The highest BCUT2D eigenvalue weighted by atomic mass is 16.5. The zero-order chi connectivity index (χ0) is 15.6. The number of carbonyl (C=O) groups excluding carboxylic acids is 1. The highest BCUT2D eigenvalue weighted by Crippen LogP contribution is 2.47. The molecule has 5 heteroatoms. The van der Waals surface area contributed by atoms with Crippen LogP contribution in [0.15, 0.2) is 12.1 Å². The second kappa shape index (κ2) is 5.85. The second-order valence-electron chi connectivity index (χ2n) is 5.66. The number of carbonyl (C=O) groups is 2. The lowest BCUT2D eigenvalue weighted by Crippen LogP contribution is -2.29. The van der Waals surface area contributed by atoms with Crippen LogP contribution in [0.5, 0.6) is 0 Å². The summed E-state index contributed by atoms with van der Waals surface area (Å²) in [7, 11) is 0. The van der Waals surface area contributed by atoms with E-state index in [1.807, 2.05) is 13.8 Å². The number of benzene rings is 1. The number of hydrogen-bond acceptors (Lipinski definition) is 3. The molecule has 1 aromatic rings. The van der Waals surface area contributed by atoms with Crippen LogP contribution in [0.3, 0.4) is 0 Å². The smallest absolute Gasteiger partial charge is 0.336 e. The molecular formula is C16H21NO4. The van der Waals surface area contributed by atoms with Gasteiger partial charge in [-0.3, -0.25) is 4.79 Å². The van der Waals surface area contributed by atoms with Gasteiger partial charge in [-0.25, -0.2) is 4.79 Å². The number of aromatic carboxylic acids is 1. The van der Waals surface area contributed by atoms with Crippen molar-refractivity contribution < 1.29 is 19.4 Å². The van der Waals surface area contributed by atoms with Gasteiger partial charge in [0.1, 0.15) is 0 Å². The van der Waals surface area contributed by atoms with Gasteiger partial charge in [0.25, 0.3) is 0 Å². The minimum absolute atomic E-state index is 0.0840. The van der Waals surface area contributed by atoms with E-state index < -0.39 is 11.4 Å². The Kier molecular flexibility index (Phi) is 4.32. The number of rotatable bonds is 6. The molecule has 1 aromatic carbocycles. The van der Waals surface area contributed by atoms with E-state index in [0.717, 1.165) is 18.4 Å². The van der Waals surface area contributed by atoms with E-state index in [4.69, 9.17) is 4.74 Å². The van der Waals surface area contributed by atoms with Crippen molar-refractivity contribution >= 4 is 17.6 Å². The molecule has 0 unspecified atom stereocenters. The molecular weight excluding hydrogens is 270 g/mol. The van der Waals surface area contributed by atoms with Crippen molar-refractivity contribution in [3.8, 4) is 0 Å². The van der Waals surface area contributed by atoms with Crippen molar-refractivity contribution in [2.75, 3.05) is 18.5 Å². The van der Waals surface area contributed by atoms with Crippen LogP contribution < -0.4 is 5.32 Å². The summed E-state index contributed by atoms with van der Waals surface area (Å²) in [6, 6.07) is 3.31. The molecule has 1 fully saturated rings. The Balaban J connectivity index is 2.18. The number of ether oxygens (including phenoxy) is 1. The first kappa shape index (κ1) is 15.5. The fourth-order valence-electron chi connectivity index (χ4n) is 2.36. The molecule has 5 nitrogen and oxygen atoms in total. The minimum Gasteiger partial charge on any atom is -0.478 e. The first-order chi connectivity index (χ1) is 9.89. The fraction of sp³-hybridized carbons (Fsp3) is 0.500. The van der Waals surface area contributed by atoms with Crippen LogP contribution >= 0.6 is 0 Å². The molecule has 0 spiro atoms. The average molecular weight is 291 g/mol. The lowest BCUT2D eigenvalue weighted by Gasteiger charge is -2.17. The number of anilines is 1. The normalized spacial score (nSPS) is 15.6. The largest absolute Gasteiger partial charge is 0.478 e. The number of nitrogens with one attached hydrogen (secondary N) is 1. The van der Waals surface area contributed by atoms with Crippen LogP contribution in [0.25, 0.3) is 0 Å². The molecule has 1 aliphatic rings. The monoisotopic (exact) mass is 291 g/mol. The number of aryl methyl sites for hydroxylation is 2. The van der Waals surface area contributed by atoms with E-state index in [1.54, 1.807) is 13.0 Å². The Morgan fingerprint density at radius 3 is 2.48 bits per heavy atom. The van der Waals surface area contributed by atoms with Crippen molar-refractivity contribution in [2.24, 2.45) is 5.41 Å². The molecule has 1 aliphatic carbocycles. The summed E-state index contributed by atoms with van der Waals surface area (Å²) in [4.78, 5) is 23.6. The Morgan fingerprint density at radius 1 is 1.29 bits per heavy atom. The van der Waals surface area contributed by atoms with Gasteiger partial charge in [0.05, 0.1) is 17.6 Å². The summed E-state index contributed by atoms with van der Waals surface area (Å²) in [6.45, 7) is 6.51.